The monoisotopic (exact) mass is 253 g/mol. The summed E-state index contributed by atoms with van der Waals surface area (Å²) in [6.45, 7) is 0.604. The largest absolute Gasteiger partial charge is 0.355 e. The third kappa shape index (κ3) is 2.12. The Balaban J connectivity index is 1.98. The van der Waals surface area contributed by atoms with E-state index in [4.69, 9.17) is 0 Å². The van der Waals surface area contributed by atoms with Crippen molar-refractivity contribution in [1.29, 1.82) is 0 Å². The van der Waals surface area contributed by atoms with Crippen molar-refractivity contribution in [2.45, 2.75) is 0 Å². The molecular formula is C15H15N3O. The molecule has 0 saturated carbocycles. The van der Waals surface area contributed by atoms with Crippen LogP contribution < -0.4 is 15.3 Å². The molecule has 1 aliphatic rings. The highest BCUT2D eigenvalue weighted by Crippen LogP contribution is 2.23. The molecule has 1 heterocycles. The van der Waals surface area contributed by atoms with Crippen LogP contribution >= 0.6 is 0 Å². The Bertz CT molecular complexity index is 597. The SMILES string of the molecule is CN1CN(c2ccccc2)NC(=O)c2ccccc21. The molecule has 0 unspecified atom stereocenters. The van der Waals surface area contributed by atoms with E-state index in [1.54, 1.807) is 0 Å². The molecule has 4 heteroatoms. The summed E-state index contributed by atoms with van der Waals surface area (Å²) in [6, 6.07) is 17.5. The van der Waals surface area contributed by atoms with Crippen LogP contribution in [-0.2, 0) is 0 Å². The number of benzene rings is 2. The number of hydrazine groups is 1. The second kappa shape index (κ2) is 4.65. The fourth-order valence-corrected chi connectivity index (χ4v) is 2.26. The maximum atomic E-state index is 12.3. The number of amides is 1. The molecule has 3 rings (SSSR count). The molecule has 0 saturated heterocycles. The van der Waals surface area contributed by atoms with Crippen LogP contribution in [-0.4, -0.2) is 19.6 Å². The summed E-state index contributed by atoms with van der Waals surface area (Å²) in [7, 11) is 1.98. The minimum Gasteiger partial charge on any atom is -0.355 e. The average Bonchev–Trinajstić information content (AvgIpc) is 2.59. The second-order valence-electron chi connectivity index (χ2n) is 4.56. The van der Waals surface area contributed by atoms with Crippen LogP contribution in [0.4, 0.5) is 11.4 Å². The fourth-order valence-electron chi connectivity index (χ4n) is 2.26. The van der Waals surface area contributed by atoms with Gasteiger partial charge in [0.1, 0.15) is 6.67 Å². The van der Waals surface area contributed by atoms with E-state index in [1.165, 1.54) is 0 Å². The minimum atomic E-state index is -0.0798. The van der Waals surface area contributed by atoms with Gasteiger partial charge in [0.25, 0.3) is 5.91 Å². The van der Waals surface area contributed by atoms with Crippen molar-refractivity contribution in [1.82, 2.24) is 5.43 Å². The minimum absolute atomic E-state index is 0.0798. The van der Waals surface area contributed by atoms with Gasteiger partial charge in [-0.1, -0.05) is 30.3 Å². The first kappa shape index (κ1) is 11.6. The summed E-state index contributed by atoms with van der Waals surface area (Å²) in [6.07, 6.45) is 0. The van der Waals surface area contributed by atoms with Crippen LogP contribution in [0.2, 0.25) is 0 Å². The molecule has 2 aromatic rings. The number of nitrogens with zero attached hydrogens (tertiary/aromatic N) is 2. The zero-order valence-electron chi connectivity index (χ0n) is 10.7. The summed E-state index contributed by atoms with van der Waals surface area (Å²) in [4.78, 5) is 14.3. The van der Waals surface area contributed by atoms with Gasteiger partial charge in [-0.15, -0.1) is 0 Å². The normalized spacial score (nSPS) is 14.7. The molecule has 0 bridgehead atoms. The number of hydrogen-bond donors (Lipinski definition) is 1. The van der Waals surface area contributed by atoms with Gasteiger partial charge in [0.05, 0.1) is 16.9 Å². The zero-order chi connectivity index (χ0) is 13.2. The van der Waals surface area contributed by atoms with Crippen molar-refractivity contribution in [2.75, 3.05) is 23.6 Å². The average molecular weight is 253 g/mol. The summed E-state index contributed by atoms with van der Waals surface area (Å²) < 4.78 is 0. The lowest BCUT2D eigenvalue weighted by Crippen LogP contribution is -2.45. The first-order valence-electron chi connectivity index (χ1n) is 6.19. The van der Waals surface area contributed by atoms with E-state index in [2.05, 4.69) is 10.3 Å². The molecule has 1 amide bonds. The van der Waals surface area contributed by atoms with E-state index in [9.17, 15) is 4.79 Å². The number of carbonyl (C=O) groups excluding carboxylic acids is 1. The molecule has 1 aliphatic heterocycles. The van der Waals surface area contributed by atoms with Crippen LogP contribution in [0.1, 0.15) is 10.4 Å². The highest BCUT2D eigenvalue weighted by Gasteiger charge is 2.22. The van der Waals surface area contributed by atoms with Gasteiger partial charge in [0, 0.05) is 7.05 Å². The van der Waals surface area contributed by atoms with E-state index in [1.807, 2.05) is 66.7 Å². The van der Waals surface area contributed by atoms with Crippen LogP contribution in [0, 0.1) is 0 Å². The van der Waals surface area contributed by atoms with Gasteiger partial charge in [-0.25, -0.2) is 0 Å². The fraction of sp³-hybridized carbons (Fsp3) is 0.133. The Kier molecular flexibility index (Phi) is 2.83. The number of rotatable bonds is 1. The maximum absolute atomic E-state index is 12.3. The lowest BCUT2D eigenvalue weighted by atomic mass is 10.1. The van der Waals surface area contributed by atoms with Crippen LogP contribution in [0.5, 0.6) is 0 Å². The van der Waals surface area contributed by atoms with Crippen molar-refractivity contribution < 1.29 is 4.79 Å². The quantitative estimate of drug-likeness (QED) is 0.846. The lowest BCUT2D eigenvalue weighted by molar-refractivity contribution is 0.0952. The molecule has 2 aromatic carbocycles. The third-order valence-corrected chi connectivity index (χ3v) is 3.22. The van der Waals surface area contributed by atoms with E-state index in [0.717, 1.165) is 11.4 Å². The number of anilines is 2. The summed E-state index contributed by atoms with van der Waals surface area (Å²) in [5.41, 5.74) is 5.54. The smallest absolute Gasteiger partial charge is 0.271 e. The van der Waals surface area contributed by atoms with Gasteiger partial charge in [0.2, 0.25) is 0 Å². The molecule has 0 aliphatic carbocycles. The van der Waals surface area contributed by atoms with Crippen molar-refractivity contribution in [3.05, 3.63) is 60.2 Å². The maximum Gasteiger partial charge on any atom is 0.271 e. The molecule has 0 atom stereocenters. The standard InChI is InChI=1S/C15H15N3O/c1-17-11-18(12-7-3-2-4-8-12)16-15(19)13-9-5-6-10-14(13)17/h2-10H,11H2,1H3,(H,16,19). The predicted molar refractivity (Wildman–Crippen MR) is 76.1 cm³/mol. The molecular weight excluding hydrogens is 238 g/mol. The van der Waals surface area contributed by atoms with Gasteiger partial charge in [-0.2, -0.15) is 0 Å². The number of para-hydroxylation sites is 2. The predicted octanol–water partition coefficient (Wildman–Crippen LogP) is 2.25. The highest BCUT2D eigenvalue weighted by molar-refractivity contribution is 6.01. The van der Waals surface area contributed by atoms with Crippen LogP contribution in [0.25, 0.3) is 0 Å². The topological polar surface area (TPSA) is 35.6 Å². The molecule has 0 spiro atoms. The molecule has 0 fully saturated rings. The van der Waals surface area contributed by atoms with E-state index in [-0.39, 0.29) is 5.91 Å². The Hall–Kier alpha value is -2.49. The lowest BCUT2D eigenvalue weighted by Gasteiger charge is -2.27. The van der Waals surface area contributed by atoms with Crippen LogP contribution in [0.3, 0.4) is 0 Å². The van der Waals surface area contributed by atoms with Crippen molar-refractivity contribution in [3.8, 4) is 0 Å². The molecule has 4 nitrogen and oxygen atoms in total. The van der Waals surface area contributed by atoms with Gasteiger partial charge >= 0.3 is 0 Å². The Morgan fingerprint density at radius 2 is 1.68 bits per heavy atom. The first-order valence-corrected chi connectivity index (χ1v) is 6.19. The molecule has 19 heavy (non-hydrogen) atoms. The third-order valence-electron chi connectivity index (χ3n) is 3.22. The van der Waals surface area contributed by atoms with Gasteiger partial charge in [-0.3, -0.25) is 15.2 Å². The van der Waals surface area contributed by atoms with Crippen molar-refractivity contribution in [2.24, 2.45) is 0 Å². The van der Waals surface area contributed by atoms with E-state index in [0.29, 0.717) is 12.2 Å². The van der Waals surface area contributed by atoms with Crippen molar-refractivity contribution >= 4 is 17.3 Å². The number of fused-ring (bicyclic) bond motifs is 1. The zero-order valence-corrected chi connectivity index (χ0v) is 10.7. The molecule has 0 radical (unpaired) electrons. The molecule has 1 N–H and O–H groups in total. The second-order valence-corrected chi connectivity index (χ2v) is 4.56. The van der Waals surface area contributed by atoms with E-state index >= 15 is 0 Å². The summed E-state index contributed by atoms with van der Waals surface area (Å²) in [5.74, 6) is -0.0798. The summed E-state index contributed by atoms with van der Waals surface area (Å²) in [5, 5.41) is 1.85. The number of hydrogen-bond acceptors (Lipinski definition) is 3. The van der Waals surface area contributed by atoms with Gasteiger partial charge in [-0.05, 0) is 24.3 Å². The van der Waals surface area contributed by atoms with E-state index < -0.39 is 0 Å². The molecule has 96 valence electrons. The Morgan fingerprint density at radius 1 is 1.00 bits per heavy atom. The first-order chi connectivity index (χ1) is 9.25. The number of nitrogens with one attached hydrogen (secondary N) is 1. The molecule has 0 aromatic heterocycles. The van der Waals surface area contributed by atoms with Gasteiger partial charge in [0.15, 0.2) is 0 Å². The highest BCUT2D eigenvalue weighted by atomic mass is 16.2. The van der Waals surface area contributed by atoms with Gasteiger partial charge < -0.3 is 4.90 Å². The number of carbonyl (C=O) groups is 1. The van der Waals surface area contributed by atoms with Crippen molar-refractivity contribution in [3.63, 3.8) is 0 Å². The Morgan fingerprint density at radius 3 is 2.47 bits per heavy atom. The van der Waals surface area contributed by atoms with Crippen LogP contribution in [0.15, 0.2) is 54.6 Å². The summed E-state index contributed by atoms with van der Waals surface area (Å²) >= 11 is 0. The Labute approximate surface area is 112 Å².